The lowest BCUT2D eigenvalue weighted by molar-refractivity contribution is -0.121. The summed E-state index contributed by atoms with van der Waals surface area (Å²) >= 11 is 0. The molecule has 0 saturated carbocycles. The standard InChI is InChI=1S/C15H15N3O2/c19-13-10-18(9-3-8-16-13)15(20)12-6-1-4-11-5-2-7-17-14(11)12/h1-2,4-7H,3,8-10H2,(H,16,19). The fourth-order valence-electron chi connectivity index (χ4n) is 2.43. The number of hydrogen-bond acceptors (Lipinski definition) is 3. The van der Waals surface area contributed by atoms with Gasteiger partial charge in [-0.15, -0.1) is 0 Å². The number of pyridine rings is 1. The number of aromatic nitrogens is 1. The molecule has 1 saturated heterocycles. The maximum absolute atomic E-state index is 12.6. The van der Waals surface area contributed by atoms with E-state index in [9.17, 15) is 9.59 Å². The van der Waals surface area contributed by atoms with Crippen LogP contribution in [0, 0.1) is 0 Å². The van der Waals surface area contributed by atoms with E-state index in [1.54, 1.807) is 17.2 Å². The number of nitrogens with zero attached hydrogens (tertiary/aromatic N) is 2. The van der Waals surface area contributed by atoms with Crippen molar-refractivity contribution in [2.24, 2.45) is 0 Å². The highest BCUT2D eigenvalue weighted by molar-refractivity contribution is 6.06. The second kappa shape index (κ2) is 5.28. The zero-order chi connectivity index (χ0) is 13.9. The summed E-state index contributed by atoms with van der Waals surface area (Å²) in [6.07, 6.45) is 2.45. The Morgan fingerprint density at radius 1 is 1.25 bits per heavy atom. The first-order chi connectivity index (χ1) is 9.75. The van der Waals surface area contributed by atoms with E-state index < -0.39 is 0 Å². The van der Waals surface area contributed by atoms with E-state index in [4.69, 9.17) is 0 Å². The van der Waals surface area contributed by atoms with Gasteiger partial charge in [0, 0.05) is 24.7 Å². The van der Waals surface area contributed by atoms with E-state index in [-0.39, 0.29) is 18.4 Å². The summed E-state index contributed by atoms with van der Waals surface area (Å²) in [6, 6.07) is 9.30. The van der Waals surface area contributed by atoms with E-state index in [1.165, 1.54) is 0 Å². The van der Waals surface area contributed by atoms with Crippen LogP contribution in [0.1, 0.15) is 16.8 Å². The Bertz CT molecular complexity index is 664. The number of para-hydroxylation sites is 1. The Balaban J connectivity index is 1.97. The van der Waals surface area contributed by atoms with Gasteiger partial charge in [-0.1, -0.05) is 18.2 Å². The van der Waals surface area contributed by atoms with Gasteiger partial charge in [0.25, 0.3) is 5.91 Å². The Kier molecular flexibility index (Phi) is 3.33. The van der Waals surface area contributed by atoms with Crippen molar-refractivity contribution in [2.75, 3.05) is 19.6 Å². The largest absolute Gasteiger partial charge is 0.354 e. The molecule has 0 aliphatic carbocycles. The number of carbonyl (C=O) groups excluding carboxylic acids is 2. The van der Waals surface area contributed by atoms with Crippen molar-refractivity contribution in [3.63, 3.8) is 0 Å². The number of fused-ring (bicyclic) bond motifs is 1. The van der Waals surface area contributed by atoms with Gasteiger partial charge in [0.15, 0.2) is 0 Å². The smallest absolute Gasteiger partial charge is 0.256 e. The molecule has 1 aliphatic rings. The van der Waals surface area contributed by atoms with Gasteiger partial charge in [-0.2, -0.15) is 0 Å². The third-order valence-electron chi connectivity index (χ3n) is 3.41. The molecule has 5 heteroatoms. The van der Waals surface area contributed by atoms with Crippen LogP contribution in [0.3, 0.4) is 0 Å². The Morgan fingerprint density at radius 3 is 3.00 bits per heavy atom. The van der Waals surface area contributed by atoms with Gasteiger partial charge in [0.05, 0.1) is 17.6 Å². The summed E-state index contributed by atoms with van der Waals surface area (Å²) < 4.78 is 0. The van der Waals surface area contributed by atoms with E-state index >= 15 is 0 Å². The summed E-state index contributed by atoms with van der Waals surface area (Å²) in [5, 5.41) is 3.70. The average molecular weight is 269 g/mol. The number of amides is 2. The molecule has 2 heterocycles. The first kappa shape index (κ1) is 12.6. The second-order valence-corrected chi connectivity index (χ2v) is 4.81. The highest BCUT2D eigenvalue weighted by Gasteiger charge is 2.22. The van der Waals surface area contributed by atoms with Gasteiger partial charge in [0.1, 0.15) is 0 Å². The summed E-state index contributed by atoms with van der Waals surface area (Å²) in [5.74, 6) is -0.240. The summed E-state index contributed by atoms with van der Waals surface area (Å²) in [6.45, 7) is 1.32. The zero-order valence-corrected chi connectivity index (χ0v) is 11.0. The SMILES string of the molecule is O=C1CN(C(=O)c2cccc3cccnc23)CCCN1. The molecule has 102 valence electrons. The molecule has 0 atom stereocenters. The number of rotatable bonds is 1. The summed E-state index contributed by atoms with van der Waals surface area (Å²) in [5.41, 5.74) is 1.24. The molecule has 1 aromatic carbocycles. The molecule has 0 bridgehead atoms. The maximum Gasteiger partial charge on any atom is 0.256 e. The molecule has 1 aliphatic heterocycles. The van der Waals surface area contributed by atoms with E-state index in [2.05, 4.69) is 10.3 Å². The fourth-order valence-corrected chi connectivity index (χ4v) is 2.43. The third kappa shape index (κ3) is 2.34. The van der Waals surface area contributed by atoms with Gasteiger partial charge >= 0.3 is 0 Å². The molecule has 0 radical (unpaired) electrons. The van der Waals surface area contributed by atoms with Crippen LogP contribution >= 0.6 is 0 Å². The molecule has 1 aromatic heterocycles. The van der Waals surface area contributed by atoms with Crippen molar-refractivity contribution in [3.05, 3.63) is 42.1 Å². The molecule has 0 spiro atoms. The number of nitrogens with one attached hydrogen (secondary N) is 1. The van der Waals surface area contributed by atoms with Crippen LogP contribution in [0.4, 0.5) is 0 Å². The molecular weight excluding hydrogens is 254 g/mol. The van der Waals surface area contributed by atoms with Gasteiger partial charge in [-0.05, 0) is 18.6 Å². The molecule has 1 fully saturated rings. The molecule has 1 N–H and O–H groups in total. The highest BCUT2D eigenvalue weighted by atomic mass is 16.2. The Hall–Kier alpha value is -2.43. The van der Waals surface area contributed by atoms with Crippen molar-refractivity contribution in [1.82, 2.24) is 15.2 Å². The quantitative estimate of drug-likeness (QED) is 0.846. The first-order valence-corrected chi connectivity index (χ1v) is 6.65. The molecule has 0 unspecified atom stereocenters. The average Bonchev–Trinajstić information content (AvgIpc) is 2.70. The normalized spacial score (nSPS) is 15.8. The maximum atomic E-state index is 12.6. The molecule has 5 nitrogen and oxygen atoms in total. The van der Waals surface area contributed by atoms with Crippen LogP contribution in [-0.4, -0.2) is 41.3 Å². The molecule has 2 amide bonds. The zero-order valence-electron chi connectivity index (χ0n) is 11.0. The fraction of sp³-hybridized carbons (Fsp3) is 0.267. The minimum absolute atomic E-state index is 0.107. The van der Waals surface area contributed by atoms with Crippen molar-refractivity contribution in [1.29, 1.82) is 0 Å². The van der Waals surface area contributed by atoms with E-state index in [1.807, 2.05) is 24.3 Å². The van der Waals surface area contributed by atoms with Crippen LogP contribution in [0.15, 0.2) is 36.5 Å². The summed E-state index contributed by atoms with van der Waals surface area (Å²) in [7, 11) is 0. The Morgan fingerprint density at radius 2 is 2.10 bits per heavy atom. The van der Waals surface area contributed by atoms with E-state index in [0.717, 1.165) is 11.8 Å². The third-order valence-corrected chi connectivity index (χ3v) is 3.41. The van der Waals surface area contributed by atoms with Crippen LogP contribution < -0.4 is 5.32 Å². The van der Waals surface area contributed by atoms with Crippen LogP contribution in [-0.2, 0) is 4.79 Å². The molecule has 20 heavy (non-hydrogen) atoms. The van der Waals surface area contributed by atoms with Crippen LogP contribution in [0.5, 0.6) is 0 Å². The van der Waals surface area contributed by atoms with Crippen LogP contribution in [0.2, 0.25) is 0 Å². The van der Waals surface area contributed by atoms with Crippen LogP contribution in [0.25, 0.3) is 10.9 Å². The molecular formula is C15H15N3O2. The first-order valence-electron chi connectivity index (χ1n) is 6.65. The van der Waals surface area contributed by atoms with Crippen molar-refractivity contribution < 1.29 is 9.59 Å². The second-order valence-electron chi connectivity index (χ2n) is 4.81. The minimum Gasteiger partial charge on any atom is -0.354 e. The number of hydrogen-bond donors (Lipinski definition) is 1. The predicted octanol–water partition coefficient (Wildman–Crippen LogP) is 1.20. The summed E-state index contributed by atoms with van der Waals surface area (Å²) in [4.78, 5) is 30.1. The minimum atomic E-state index is -0.133. The lowest BCUT2D eigenvalue weighted by Crippen LogP contribution is -2.37. The number of benzene rings is 1. The molecule has 2 aromatic rings. The Labute approximate surface area is 116 Å². The predicted molar refractivity (Wildman–Crippen MR) is 75.3 cm³/mol. The van der Waals surface area contributed by atoms with Crippen molar-refractivity contribution in [2.45, 2.75) is 6.42 Å². The van der Waals surface area contributed by atoms with Gasteiger partial charge in [0.2, 0.25) is 5.91 Å². The lowest BCUT2D eigenvalue weighted by atomic mass is 10.1. The van der Waals surface area contributed by atoms with Gasteiger partial charge in [-0.3, -0.25) is 14.6 Å². The lowest BCUT2D eigenvalue weighted by Gasteiger charge is -2.19. The van der Waals surface area contributed by atoms with Gasteiger partial charge < -0.3 is 10.2 Å². The highest BCUT2D eigenvalue weighted by Crippen LogP contribution is 2.18. The van der Waals surface area contributed by atoms with Crippen molar-refractivity contribution in [3.8, 4) is 0 Å². The van der Waals surface area contributed by atoms with Gasteiger partial charge in [-0.25, -0.2) is 0 Å². The number of carbonyl (C=O) groups is 2. The van der Waals surface area contributed by atoms with E-state index in [0.29, 0.717) is 24.2 Å². The molecule has 3 rings (SSSR count). The monoisotopic (exact) mass is 269 g/mol. The van der Waals surface area contributed by atoms with Crippen molar-refractivity contribution >= 4 is 22.7 Å². The topological polar surface area (TPSA) is 62.3 Å².